The second kappa shape index (κ2) is 8.77. The van der Waals surface area contributed by atoms with Gasteiger partial charge in [-0.2, -0.15) is 0 Å². The minimum atomic E-state index is -3.86. The molecule has 8 nitrogen and oxygen atoms in total. The van der Waals surface area contributed by atoms with Crippen LogP contribution in [0.4, 0.5) is 0 Å². The maximum absolute atomic E-state index is 13.8. The smallest absolute Gasteiger partial charge is 0.339 e. The standard InChI is InChI=1S/C23H30O8S/c1-7-12-31-20(26)17-13(2)15(10-11-16(17)32(6,29)30)19(25)23(21(27)28,22(3,4)5)18(24)14-8-9-14/h10-11,14H,7-9,12H2,1-6H3,(H,27,28). The van der Waals surface area contributed by atoms with E-state index in [1.165, 1.54) is 33.8 Å². The van der Waals surface area contributed by atoms with E-state index in [-0.39, 0.29) is 28.2 Å². The minimum Gasteiger partial charge on any atom is -0.480 e. The van der Waals surface area contributed by atoms with Crippen LogP contribution in [0.3, 0.4) is 0 Å². The predicted molar refractivity (Wildman–Crippen MR) is 116 cm³/mol. The molecule has 0 heterocycles. The van der Waals surface area contributed by atoms with Gasteiger partial charge in [0.25, 0.3) is 0 Å². The average Bonchev–Trinajstić information content (AvgIpc) is 3.48. The molecule has 0 radical (unpaired) electrons. The number of carboxylic acid groups (broad SMARTS) is 1. The number of benzene rings is 1. The highest BCUT2D eigenvalue weighted by Gasteiger charge is 2.63. The number of Topliss-reactive ketones (excluding diaryl/α,β-unsaturated/α-hetero) is 2. The molecule has 9 heteroatoms. The van der Waals surface area contributed by atoms with Gasteiger partial charge >= 0.3 is 11.9 Å². The summed E-state index contributed by atoms with van der Waals surface area (Å²) >= 11 is 0. The highest BCUT2D eigenvalue weighted by Crippen LogP contribution is 2.49. The van der Waals surface area contributed by atoms with Crippen molar-refractivity contribution >= 4 is 33.3 Å². The second-order valence-corrected chi connectivity index (χ2v) is 11.3. The summed E-state index contributed by atoms with van der Waals surface area (Å²) in [4.78, 5) is 52.0. The van der Waals surface area contributed by atoms with Crippen LogP contribution >= 0.6 is 0 Å². The SMILES string of the molecule is CCCOC(=O)c1c(S(C)(=O)=O)ccc(C(=O)C(C(=O)O)(C(=O)C2CC2)C(C)(C)C)c1C. The highest BCUT2D eigenvalue weighted by atomic mass is 32.2. The van der Waals surface area contributed by atoms with Crippen LogP contribution in [0.5, 0.6) is 0 Å². The van der Waals surface area contributed by atoms with Crippen LogP contribution in [0.15, 0.2) is 17.0 Å². The Morgan fingerprint density at radius 2 is 1.69 bits per heavy atom. The lowest BCUT2D eigenvalue weighted by Gasteiger charge is -2.39. The first-order valence-electron chi connectivity index (χ1n) is 10.5. The number of carbonyl (C=O) groups is 4. The molecule has 1 aromatic rings. The summed E-state index contributed by atoms with van der Waals surface area (Å²) in [5, 5.41) is 10.2. The molecule has 1 atom stereocenters. The number of aliphatic carboxylic acids is 1. The maximum atomic E-state index is 13.8. The van der Waals surface area contributed by atoms with Crippen molar-refractivity contribution in [3.05, 3.63) is 28.8 Å². The molecule has 176 valence electrons. The van der Waals surface area contributed by atoms with E-state index < -0.39 is 50.1 Å². The molecule has 1 N–H and O–H groups in total. The minimum absolute atomic E-state index is 0.0301. The summed E-state index contributed by atoms with van der Waals surface area (Å²) in [6, 6.07) is 2.27. The van der Waals surface area contributed by atoms with Gasteiger partial charge in [-0.1, -0.05) is 27.7 Å². The van der Waals surface area contributed by atoms with Crippen molar-refractivity contribution < 1.29 is 37.4 Å². The molecule has 0 aromatic heterocycles. The monoisotopic (exact) mass is 466 g/mol. The Bertz CT molecular complexity index is 1070. The topological polar surface area (TPSA) is 132 Å². The van der Waals surface area contributed by atoms with E-state index in [1.807, 2.05) is 0 Å². The number of carboxylic acids is 1. The Balaban J connectivity index is 2.82. The van der Waals surface area contributed by atoms with Gasteiger partial charge in [0.1, 0.15) is 0 Å². The first-order valence-corrected chi connectivity index (χ1v) is 12.3. The van der Waals surface area contributed by atoms with Gasteiger partial charge in [0.05, 0.1) is 17.1 Å². The summed E-state index contributed by atoms with van der Waals surface area (Å²) in [6.07, 6.45) is 2.45. The van der Waals surface area contributed by atoms with Gasteiger partial charge < -0.3 is 9.84 Å². The van der Waals surface area contributed by atoms with Crippen molar-refractivity contribution in [1.29, 1.82) is 0 Å². The lowest BCUT2D eigenvalue weighted by molar-refractivity contribution is -0.158. The van der Waals surface area contributed by atoms with Gasteiger partial charge in [0, 0.05) is 17.7 Å². The third-order valence-electron chi connectivity index (χ3n) is 5.82. The average molecular weight is 467 g/mol. The molecule has 1 saturated carbocycles. The number of ether oxygens (including phenoxy) is 1. The van der Waals surface area contributed by atoms with E-state index in [9.17, 15) is 32.7 Å². The number of hydrogen-bond acceptors (Lipinski definition) is 7. The van der Waals surface area contributed by atoms with E-state index >= 15 is 0 Å². The summed E-state index contributed by atoms with van der Waals surface area (Å²) in [7, 11) is -3.86. The Labute approximate surface area is 188 Å². The van der Waals surface area contributed by atoms with Gasteiger partial charge in [0.2, 0.25) is 0 Å². The molecule has 1 aromatic carbocycles. The van der Waals surface area contributed by atoms with Crippen LogP contribution in [0, 0.1) is 23.7 Å². The quantitative estimate of drug-likeness (QED) is 0.333. The Morgan fingerprint density at radius 1 is 1.12 bits per heavy atom. The number of esters is 1. The van der Waals surface area contributed by atoms with E-state index in [2.05, 4.69) is 0 Å². The molecule has 1 unspecified atom stereocenters. The fraction of sp³-hybridized carbons (Fsp3) is 0.565. The van der Waals surface area contributed by atoms with Crippen molar-refractivity contribution in [2.75, 3.05) is 12.9 Å². The molecule has 0 saturated heterocycles. The van der Waals surface area contributed by atoms with Crippen molar-refractivity contribution in [3.63, 3.8) is 0 Å². The van der Waals surface area contributed by atoms with Crippen molar-refractivity contribution in [3.8, 4) is 0 Å². The predicted octanol–water partition coefficient (Wildman–Crippen LogP) is 3.24. The third kappa shape index (κ3) is 4.35. The molecular formula is C23H30O8S. The van der Waals surface area contributed by atoms with E-state index in [4.69, 9.17) is 4.74 Å². The molecular weight excluding hydrogens is 436 g/mol. The zero-order chi connectivity index (χ0) is 24.6. The first-order chi connectivity index (χ1) is 14.6. The molecule has 2 rings (SSSR count). The lowest BCUT2D eigenvalue weighted by Crippen LogP contribution is -2.56. The van der Waals surface area contributed by atoms with Crippen LogP contribution in [0.1, 0.15) is 73.2 Å². The highest BCUT2D eigenvalue weighted by molar-refractivity contribution is 7.90. The van der Waals surface area contributed by atoms with Crippen molar-refractivity contribution in [2.45, 2.75) is 58.8 Å². The zero-order valence-electron chi connectivity index (χ0n) is 19.3. The second-order valence-electron chi connectivity index (χ2n) is 9.29. The van der Waals surface area contributed by atoms with Gasteiger partial charge in [-0.15, -0.1) is 0 Å². The summed E-state index contributed by atoms with van der Waals surface area (Å²) in [6.45, 7) is 7.70. The zero-order valence-corrected chi connectivity index (χ0v) is 20.1. The molecule has 1 aliphatic rings. The number of hydrogen-bond donors (Lipinski definition) is 1. The molecule has 1 aliphatic carbocycles. The number of rotatable bonds is 9. The Hall–Kier alpha value is -2.55. The molecule has 32 heavy (non-hydrogen) atoms. The van der Waals surface area contributed by atoms with E-state index in [0.717, 1.165) is 12.3 Å². The number of sulfone groups is 1. The molecule has 0 spiro atoms. The maximum Gasteiger partial charge on any atom is 0.339 e. The van der Waals surface area contributed by atoms with Crippen LogP contribution in [0.25, 0.3) is 0 Å². The van der Waals surface area contributed by atoms with Crippen LogP contribution in [0.2, 0.25) is 0 Å². The summed E-state index contributed by atoms with van der Waals surface area (Å²) in [5.74, 6) is -4.63. The summed E-state index contributed by atoms with van der Waals surface area (Å²) < 4.78 is 29.7. The molecule has 1 fully saturated rings. The van der Waals surface area contributed by atoms with Crippen molar-refractivity contribution in [1.82, 2.24) is 0 Å². The largest absolute Gasteiger partial charge is 0.480 e. The van der Waals surface area contributed by atoms with Gasteiger partial charge in [-0.3, -0.25) is 14.4 Å². The Kier molecular flexibility index (Phi) is 7.04. The normalized spacial score (nSPS) is 16.2. The van der Waals surface area contributed by atoms with E-state index in [0.29, 0.717) is 19.3 Å². The van der Waals surface area contributed by atoms with Crippen LogP contribution in [-0.4, -0.2) is 49.9 Å². The van der Waals surface area contributed by atoms with Crippen molar-refractivity contribution in [2.24, 2.45) is 16.7 Å². The van der Waals surface area contributed by atoms with Gasteiger partial charge in [-0.05, 0) is 49.3 Å². The molecule has 0 aliphatic heterocycles. The third-order valence-corrected chi connectivity index (χ3v) is 6.96. The number of carbonyl (C=O) groups excluding carboxylic acids is 3. The molecule has 0 amide bonds. The van der Waals surface area contributed by atoms with Gasteiger partial charge in [-0.25, -0.2) is 13.2 Å². The fourth-order valence-corrected chi connectivity index (χ4v) is 4.88. The fourth-order valence-electron chi connectivity index (χ4n) is 3.96. The Morgan fingerprint density at radius 3 is 2.09 bits per heavy atom. The van der Waals surface area contributed by atoms with Crippen LogP contribution in [-0.2, 0) is 24.2 Å². The lowest BCUT2D eigenvalue weighted by atomic mass is 9.59. The summed E-state index contributed by atoms with van der Waals surface area (Å²) in [5.41, 5.74) is -4.19. The van der Waals surface area contributed by atoms with Crippen LogP contribution < -0.4 is 0 Å². The van der Waals surface area contributed by atoms with E-state index in [1.54, 1.807) is 6.92 Å². The molecule has 0 bridgehead atoms. The first kappa shape index (κ1) is 25.7. The van der Waals surface area contributed by atoms with Gasteiger partial charge in [0.15, 0.2) is 26.8 Å². The number of ketones is 2.